The van der Waals surface area contributed by atoms with E-state index in [9.17, 15) is 19.8 Å². The van der Waals surface area contributed by atoms with Crippen LogP contribution < -0.4 is 0 Å². The maximum atomic E-state index is 12.1. The number of hydrogen-bond acceptors (Lipinski definition) is 4. The van der Waals surface area contributed by atoms with Gasteiger partial charge in [-0.2, -0.15) is 0 Å². The highest BCUT2D eigenvalue weighted by atomic mass is 16.5. The largest absolute Gasteiger partial charge is 0.481 e. The molecule has 184 valence electrons. The first kappa shape index (κ1) is 24.6. The Morgan fingerprint density at radius 1 is 1.12 bits per heavy atom. The number of rotatable bonds is 5. The third-order valence-corrected chi connectivity index (χ3v) is 10.9. The van der Waals surface area contributed by atoms with Crippen LogP contribution in [0.3, 0.4) is 0 Å². The molecule has 0 aromatic rings. The number of ether oxygens (including phenoxy) is 1. The molecule has 0 spiro atoms. The van der Waals surface area contributed by atoms with E-state index >= 15 is 0 Å². The van der Waals surface area contributed by atoms with E-state index in [0.717, 1.165) is 44.9 Å². The molecule has 4 fully saturated rings. The van der Waals surface area contributed by atoms with Crippen molar-refractivity contribution in [1.82, 2.24) is 0 Å². The molecule has 0 amide bonds. The number of carbonyl (C=O) groups excluding carboxylic acids is 1. The molecular formula is C28H42O5. The molecule has 33 heavy (non-hydrogen) atoms. The molecule has 4 rings (SSSR count). The monoisotopic (exact) mass is 458 g/mol. The van der Waals surface area contributed by atoms with Crippen molar-refractivity contribution in [3.8, 4) is 12.3 Å². The van der Waals surface area contributed by atoms with Gasteiger partial charge in [0.25, 0.3) is 0 Å². The van der Waals surface area contributed by atoms with Crippen LogP contribution in [0.15, 0.2) is 0 Å². The van der Waals surface area contributed by atoms with E-state index in [2.05, 4.69) is 26.7 Å². The second-order valence-corrected chi connectivity index (χ2v) is 12.4. The Bertz CT molecular complexity index is 831. The van der Waals surface area contributed by atoms with Gasteiger partial charge in [-0.1, -0.05) is 26.7 Å². The van der Waals surface area contributed by atoms with Gasteiger partial charge in [0.2, 0.25) is 0 Å². The predicted octanol–water partition coefficient (Wildman–Crippen LogP) is 5.05. The Morgan fingerprint density at radius 3 is 2.45 bits per heavy atom. The molecule has 2 N–H and O–H groups in total. The minimum atomic E-state index is -1.04. The average Bonchev–Trinajstić information content (AvgIpc) is 3.10. The smallest absolute Gasteiger partial charge is 0.303 e. The Labute approximate surface area is 199 Å². The molecule has 0 aliphatic heterocycles. The normalized spacial score (nSPS) is 47.4. The van der Waals surface area contributed by atoms with Crippen LogP contribution >= 0.6 is 0 Å². The number of carbonyl (C=O) groups is 2. The molecule has 10 atom stereocenters. The Balaban J connectivity index is 1.63. The number of esters is 1. The van der Waals surface area contributed by atoms with Gasteiger partial charge in [-0.05, 0) is 98.2 Å². The lowest BCUT2D eigenvalue weighted by Gasteiger charge is -2.63. The van der Waals surface area contributed by atoms with Crippen LogP contribution in [-0.4, -0.2) is 33.9 Å². The minimum absolute atomic E-state index is 0.110. The summed E-state index contributed by atoms with van der Waals surface area (Å²) in [6.45, 7) is 8.58. The van der Waals surface area contributed by atoms with Gasteiger partial charge in [0.15, 0.2) is 0 Å². The zero-order valence-corrected chi connectivity index (χ0v) is 20.8. The second kappa shape index (κ2) is 8.59. The number of aliphatic hydroxyl groups is 1. The maximum Gasteiger partial charge on any atom is 0.303 e. The summed E-state index contributed by atoms with van der Waals surface area (Å²) < 4.78 is 6.03. The summed E-state index contributed by atoms with van der Waals surface area (Å²) in [5.74, 6) is 4.16. The Hall–Kier alpha value is -1.54. The third kappa shape index (κ3) is 4.11. The summed E-state index contributed by atoms with van der Waals surface area (Å²) in [5, 5.41) is 20.1. The quantitative estimate of drug-likeness (QED) is 0.445. The number of fused-ring (bicyclic) bond motifs is 5. The van der Waals surface area contributed by atoms with Crippen LogP contribution in [0.1, 0.15) is 91.9 Å². The molecule has 0 unspecified atom stereocenters. The lowest BCUT2D eigenvalue weighted by Crippen LogP contribution is -2.60. The molecular weight excluding hydrogens is 416 g/mol. The van der Waals surface area contributed by atoms with E-state index in [1.807, 2.05) is 0 Å². The van der Waals surface area contributed by atoms with Crippen molar-refractivity contribution in [2.24, 2.45) is 46.3 Å². The van der Waals surface area contributed by atoms with Gasteiger partial charge in [-0.25, -0.2) is 0 Å². The van der Waals surface area contributed by atoms with Crippen molar-refractivity contribution < 1.29 is 24.5 Å². The van der Waals surface area contributed by atoms with Crippen LogP contribution in [-0.2, 0) is 14.3 Å². The molecule has 4 aliphatic rings. The molecule has 5 heteroatoms. The van der Waals surface area contributed by atoms with E-state index in [0.29, 0.717) is 42.4 Å². The van der Waals surface area contributed by atoms with Gasteiger partial charge in [0.05, 0.1) is 0 Å². The van der Waals surface area contributed by atoms with Crippen molar-refractivity contribution in [3.63, 3.8) is 0 Å². The summed E-state index contributed by atoms with van der Waals surface area (Å²) in [4.78, 5) is 23.3. The van der Waals surface area contributed by atoms with Gasteiger partial charge in [0.1, 0.15) is 11.7 Å². The van der Waals surface area contributed by atoms with Gasteiger partial charge < -0.3 is 14.9 Å². The standard InChI is InChI=1S/C28H42O5/c1-6-28(32)14-13-26(4)19(16-28)15-23(33-18(3)29)25-21-9-8-20(17(2)7-10-24(30)31)27(21,5)12-11-22(25)26/h1,17,19-23,25,32H,7-16H2,2-5H3,(H,30,31)/t17-,19-,20-,21+,22+,23-,25+,26+,27-,28+/m1/s1. The van der Waals surface area contributed by atoms with E-state index in [1.54, 1.807) is 0 Å². The van der Waals surface area contributed by atoms with Crippen LogP contribution in [0, 0.1) is 58.7 Å². The summed E-state index contributed by atoms with van der Waals surface area (Å²) in [5.41, 5.74) is -0.771. The fourth-order valence-corrected chi connectivity index (χ4v) is 9.18. The molecule has 4 aliphatic carbocycles. The molecule has 0 saturated heterocycles. The number of terminal acetylenes is 1. The van der Waals surface area contributed by atoms with Crippen molar-refractivity contribution >= 4 is 11.9 Å². The first-order chi connectivity index (χ1) is 15.4. The number of aliphatic carboxylic acids is 1. The SMILES string of the molecule is C#C[C@]1(O)CC[C@@]2(C)[C@H](C[C@@H](OC(C)=O)[C@@H]3[C@@H]2CC[C@]2(C)[C@@H]([C@H](C)CCC(=O)O)CC[C@@H]32)C1. The van der Waals surface area contributed by atoms with Gasteiger partial charge in [0, 0.05) is 19.3 Å². The molecule has 0 heterocycles. The Kier molecular flexibility index (Phi) is 6.40. The number of carboxylic acids is 1. The molecule has 4 saturated carbocycles. The number of carboxylic acid groups (broad SMARTS) is 1. The van der Waals surface area contributed by atoms with E-state index in [-0.39, 0.29) is 35.2 Å². The van der Waals surface area contributed by atoms with Gasteiger partial charge in [-0.3, -0.25) is 9.59 Å². The summed E-state index contributed by atoms with van der Waals surface area (Å²) >= 11 is 0. The molecule has 0 aromatic carbocycles. The number of hydrogen-bond donors (Lipinski definition) is 2. The summed E-state index contributed by atoms with van der Waals surface area (Å²) in [6, 6.07) is 0. The van der Waals surface area contributed by atoms with Crippen LogP contribution in [0.2, 0.25) is 0 Å². The van der Waals surface area contributed by atoms with Crippen molar-refractivity contribution in [1.29, 1.82) is 0 Å². The fraction of sp³-hybridized carbons (Fsp3) is 0.857. The van der Waals surface area contributed by atoms with Gasteiger partial charge >= 0.3 is 11.9 Å². The first-order valence-electron chi connectivity index (χ1n) is 13.0. The Morgan fingerprint density at radius 2 is 1.82 bits per heavy atom. The molecule has 5 nitrogen and oxygen atoms in total. The van der Waals surface area contributed by atoms with Gasteiger partial charge in [-0.15, -0.1) is 6.42 Å². The maximum absolute atomic E-state index is 12.1. The highest BCUT2D eigenvalue weighted by Crippen LogP contribution is 2.69. The summed E-state index contributed by atoms with van der Waals surface area (Å²) in [6.07, 6.45) is 14.0. The summed E-state index contributed by atoms with van der Waals surface area (Å²) in [7, 11) is 0. The zero-order chi connectivity index (χ0) is 24.2. The molecule has 0 bridgehead atoms. The van der Waals surface area contributed by atoms with Crippen LogP contribution in [0.25, 0.3) is 0 Å². The topological polar surface area (TPSA) is 83.8 Å². The third-order valence-electron chi connectivity index (χ3n) is 10.9. The van der Waals surface area contributed by atoms with Crippen molar-refractivity contribution in [2.45, 2.75) is 104 Å². The molecule has 0 radical (unpaired) electrons. The average molecular weight is 459 g/mol. The van der Waals surface area contributed by atoms with Crippen molar-refractivity contribution in [3.05, 3.63) is 0 Å². The van der Waals surface area contributed by atoms with Crippen molar-refractivity contribution in [2.75, 3.05) is 0 Å². The predicted molar refractivity (Wildman–Crippen MR) is 126 cm³/mol. The molecule has 0 aromatic heterocycles. The van der Waals surface area contributed by atoms with Crippen LogP contribution in [0.5, 0.6) is 0 Å². The second-order valence-electron chi connectivity index (χ2n) is 12.4. The highest BCUT2D eigenvalue weighted by molar-refractivity contribution is 5.66. The lowest BCUT2D eigenvalue weighted by atomic mass is 9.43. The van der Waals surface area contributed by atoms with E-state index in [4.69, 9.17) is 11.2 Å². The van der Waals surface area contributed by atoms with Crippen LogP contribution in [0.4, 0.5) is 0 Å². The lowest BCUT2D eigenvalue weighted by molar-refractivity contribution is -0.198. The minimum Gasteiger partial charge on any atom is -0.481 e. The van der Waals surface area contributed by atoms with E-state index in [1.165, 1.54) is 6.92 Å². The first-order valence-corrected chi connectivity index (χ1v) is 13.0. The highest BCUT2D eigenvalue weighted by Gasteiger charge is 2.64. The fourth-order valence-electron chi connectivity index (χ4n) is 9.18. The van der Waals surface area contributed by atoms with E-state index < -0.39 is 11.6 Å². The zero-order valence-electron chi connectivity index (χ0n) is 20.8.